The number of sulfonamides is 1. The first kappa shape index (κ1) is 19.9. The maximum absolute atomic E-state index is 13.7. The molecule has 0 bridgehead atoms. The van der Waals surface area contributed by atoms with Gasteiger partial charge in [0.1, 0.15) is 11.9 Å². The third-order valence-electron chi connectivity index (χ3n) is 3.47. The second-order valence-electron chi connectivity index (χ2n) is 5.44. The number of hydrogen-bond donors (Lipinski definition) is 1. The normalized spacial score (nSPS) is 12.8. The summed E-state index contributed by atoms with van der Waals surface area (Å²) in [6, 6.07) is 11.3. The first-order valence-electron chi connectivity index (χ1n) is 7.53. The minimum absolute atomic E-state index is 0.0187. The molecule has 0 aliphatic heterocycles. The van der Waals surface area contributed by atoms with Crippen LogP contribution in [0.2, 0.25) is 5.02 Å². The van der Waals surface area contributed by atoms with Gasteiger partial charge in [0.2, 0.25) is 10.0 Å². The van der Waals surface area contributed by atoms with Gasteiger partial charge in [-0.15, -0.1) is 0 Å². The molecular weight excluding hydrogens is 381 g/mol. The number of carbonyl (C=O) groups is 1. The van der Waals surface area contributed by atoms with Gasteiger partial charge >= 0.3 is 0 Å². The standard InChI is InChI=1S/C17H17ClFN3O3S/c1-12(22(26(2,24)25)13-7-4-3-5-8-13)17(23)21-20-11-14-15(18)9-6-10-16(14)19/h3-12H,1-2H3,(H,21,23)/b20-11-/t12-/m1/s1. The average molecular weight is 398 g/mol. The quantitative estimate of drug-likeness (QED) is 0.601. The van der Waals surface area contributed by atoms with Gasteiger partial charge in [0, 0.05) is 5.56 Å². The van der Waals surface area contributed by atoms with E-state index in [0.29, 0.717) is 5.69 Å². The monoisotopic (exact) mass is 397 g/mol. The third-order valence-corrected chi connectivity index (χ3v) is 5.04. The lowest BCUT2D eigenvalue weighted by molar-refractivity contribution is -0.121. The molecule has 26 heavy (non-hydrogen) atoms. The van der Waals surface area contributed by atoms with Crippen molar-refractivity contribution in [2.24, 2.45) is 5.10 Å². The van der Waals surface area contributed by atoms with Crippen molar-refractivity contribution < 1.29 is 17.6 Å². The minimum Gasteiger partial charge on any atom is -0.271 e. The highest BCUT2D eigenvalue weighted by atomic mass is 35.5. The Labute approximate surface area is 156 Å². The molecule has 138 valence electrons. The smallest absolute Gasteiger partial charge is 0.263 e. The summed E-state index contributed by atoms with van der Waals surface area (Å²) in [5.41, 5.74) is 2.57. The molecule has 0 saturated heterocycles. The van der Waals surface area contributed by atoms with Gasteiger partial charge in [-0.1, -0.05) is 35.9 Å². The van der Waals surface area contributed by atoms with E-state index in [2.05, 4.69) is 10.5 Å². The SMILES string of the molecule is C[C@H](C(=O)N/N=C\c1c(F)cccc1Cl)N(c1ccccc1)S(C)(=O)=O. The van der Waals surface area contributed by atoms with E-state index in [-0.39, 0.29) is 10.6 Å². The van der Waals surface area contributed by atoms with Gasteiger partial charge < -0.3 is 0 Å². The largest absolute Gasteiger partial charge is 0.271 e. The van der Waals surface area contributed by atoms with Crippen molar-refractivity contribution in [3.63, 3.8) is 0 Å². The lowest BCUT2D eigenvalue weighted by atomic mass is 10.2. The molecule has 1 N–H and O–H groups in total. The van der Waals surface area contributed by atoms with E-state index < -0.39 is 27.8 Å². The van der Waals surface area contributed by atoms with Gasteiger partial charge in [0.05, 0.1) is 23.2 Å². The lowest BCUT2D eigenvalue weighted by Gasteiger charge is -2.27. The molecule has 0 aromatic heterocycles. The van der Waals surface area contributed by atoms with Gasteiger partial charge in [-0.3, -0.25) is 9.10 Å². The highest BCUT2D eigenvalue weighted by Gasteiger charge is 2.28. The summed E-state index contributed by atoms with van der Waals surface area (Å²) in [6.45, 7) is 1.43. The zero-order valence-corrected chi connectivity index (χ0v) is 15.6. The summed E-state index contributed by atoms with van der Waals surface area (Å²) in [5.74, 6) is -1.27. The fourth-order valence-electron chi connectivity index (χ4n) is 2.27. The Hall–Kier alpha value is -2.45. The van der Waals surface area contributed by atoms with E-state index in [1.54, 1.807) is 30.3 Å². The first-order valence-corrected chi connectivity index (χ1v) is 9.76. The average Bonchev–Trinajstić information content (AvgIpc) is 2.57. The number of para-hydroxylation sites is 1. The highest BCUT2D eigenvalue weighted by Crippen LogP contribution is 2.20. The van der Waals surface area contributed by atoms with E-state index in [4.69, 9.17) is 11.6 Å². The summed E-state index contributed by atoms with van der Waals surface area (Å²) in [5, 5.41) is 3.81. The molecule has 2 rings (SSSR count). The van der Waals surface area contributed by atoms with Crippen LogP contribution < -0.4 is 9.73 Å². The second-order valence-corrected chi connectivity index (χ2v) is 7.71. The molecule has 0 saturated carbocycles. The van der Waals surface area contributed by atoms with Crippen LogP contribution in [0.1, 0.15) is 12.5 Å². The van der Waals surface area contributed by atoms with Crippen LogP contribution in [0.15, 0.2) is 53.6 Å². The summed E-state index contributed by atoms with van der Waals surface area (Å²) in [7, 11) is -3.71. The fraction of sp³-hybridized carbons (Fsp3) is 0.176. The number of carbonyl (C=O) groups excluding carboxylic acids is 1. The molecule has 1 amide bonds. The molecule has 0 heterocycles. The van der Waals surface area contributed by atoms with Gasteiger partial charge in [0.25, 0.3) is 5.91 Å². The first-order chi connectivity index (χ1) is 12.2. The van der Waals surface area contributed by atoms with E-state index in [0.717, 1.165) is 16.8 Å². The van der Waals surface area contributed by atoms with Crippen LogP contribution in [-0.2, 0) is 14.8 Å². The summed E-state index contributed by atoms with van der Waals surface area (Å²) < 4.78 is 38.8. The molecule has 0 spiro atoms. The predicted molar refractivity (Wildman–Crippen MR) is 100 cm³/mol. The number of rotatable bonds is 6. The van der Waals surface area contributed by atoms with Gasteiger partial charge in [-0.25, -0.2) is 18.2 Å². The van der Waals surface area contributed by atoms with Crippen LogP contribution in [0.3, 0.4) is 0 Å². The van der Waals surface area contributed by atoms with Crippen LogP contribution in [0.4, 0.5) is 10.1 Å². The van der Waals surface area contributed by atoms with Crippen molar-refractivity contribution in [2.45, 2.75) is 13.0 Å². The lowest BCUT2D eigenvalue weighted by Crippen LogP contribution is -2.46. The molecule has 0 fully saturated rings. The van der Waals surface area contributed by atoms with Crippen LogP contribution in [0.25, 0.3) is 0 Å². The summed E-state index contributed by atoms with van der Waals surface area (Å²) in [6.07, 6.45) is 2.07. The van der Waals surface area contributed by atoms with Crippen molar-refractivity contribution >= 4 is 39.4 Å². The van der Waals surface area contributed by atoms with Gasteiger partial charge in [0.15, 0.2) is 0 Å². The minimum atomic E-state index is -3.71. The molecule has 2 aromatic carbocycles. The van der Waals surface area contributed by atoms with E-state index >= 15 is 0 Å². The summed E-state index contributed by atoms with van der Waals surface area (Å²) >= 11 is 5.87. The number of anilines is 1. The molecule has 9 heteroatoms. The number of nitrogens with zero attached hydrogens (tertiary/aromatic N) is 2. The summed E-state index contributed by atoms with van der Waals surface area (Å²) in [4.78, 5) is 12.3. The van der Waals surface area contributed by atoms with E-state index in [9.17, 15) is 17.6 Å². The van der Waals surface area contributed by atoms with Crippen molar-refractivity contribution in [1.29, 1.82) is 0 Å². The van der Waals surface area contributed by atoms with Crippen LogP contribution in [0.5, 0.6) is 0 Å². The Morgan fingerprint density at radius 2 is 1.88 bits per heavy atom. The zero-order chi connectivity index (χ0) is 19.3. The van der Waals surface area contributed by atoms with Gasteiger partial charge in [-0.2, -0.15) is 5.10 Å². The number of benzene rings is 2. The Balaban J connectivity index is 2.18. The van der Waals surface area contributed by atoms with E-state index in [1.165, 1.54) is 25.1 Å². The van der Waals surface area contributed by atoms with Crippen LogP contribution in [-0.4, -0.2) is 32.8 Å². The Morgan fingerprint density at radius 1 is 1.23 bits per heavy atom. The molecule has 0 unspecified atom stereocenters. The Bertz CT molecular complexity index is 900. The predicted octanol–water partition coefficient (Wildman–Crippen LogP) is 2.78. The van der Waals surface area contributed by atoms with Crippen molar-refractivity contribution in [1.82, 2.24) is 5.43 Å². The zero-order valence-electron chi connectivity index (χ0n) is 14.1. The maximum Gasteiger partial charge on any atom is 0.263 e. The number of amides is 1. The number of hydrazone groups is 1. The Morgan fingerprint density at radius 3 is 2.46 bits per heavy atom. The van der Waals surface area contributed by atoms with E-state index in [1.807, 2.05) is 0 Å². The number of halogens is 2. The Kier molecular flexibility index (Phi) is 6.33. The van der Waals surface area contributed by atoms with Gasteiger partial charge in [-0.05, 0) is 31.2 Å². The molecular formula is C17H17ClFN3O3S. The second kappa shape index (κ2) is 8.29. The topological polar surface area (TPSA) is 78.8 Å². The molecule has 0 aliphatic carbocycles. The third kappa shape index (κ3) is 4.80. The molecule has 0 aliphatic rings. The molecule has 6 nitrogen and oxygen atoms in total. The fourth-order valence-corrected chi connectivity index (χ4v) is 3.66. The maximum atomic E-state index is 13.7. The van der Waals surface area contributed by atoms with Crippen molar-refractivity contribution in [3.05, 3.63) is 64.9 Å². The van der Waals surface area contributed by atoms with Crippen LogP contribution in [0, 0.1) is 5.82 Å². The van der Waals surface area contributed by atoms with Crippen molar-refractivity contribution in [3.8, 4) is 0 Å². The molecule has 1 atom stereocenters. The highest BCUT2D eigenvalue weighted by molar-refractivity contribution is 7.92. The molecule has 2 aromatic rings. The van der Waals surface area contributed by atoms with Crippen LogP contribution >= 0.6 is 11.6 Å². The number of nitrogens with one attached hydrogen (secondary N) is 1. The van der Waals surface area contributed by atoms with Crippen molar-refractivity contribution in [2.75, 3.05) is 10.6 Å². The number of hydrogen-bond acceptors (Lipinski definition) is 4. The molecule has 0 radical (unpaired) electrons.